The van der Waals surface area contributed by atoms with E-state index in [0.29, 0.717) is 22.8 Å². The molecule has 4 aromatic rings. The van der Waals surface area contributed by atoms with Crippen LogP contribution in [-0.4, -0.2) is 15.3 Å². The third kappa shape index (κ3) is 4.59. The lowest BCUT2D eigenvalue weighted by Gasteiger charge is -2.11. The summed E-state index contributed by atoms with van der Waals surface area (Å²) in [4.78, 5) is 17.2. The summed E-state index contributed by atoms with van der Waals surface area (Å²) in [6.45, 7) is 4.03. The van der Waals surface area contributed by atoms with Crippen molar-refractivity contribution in [2.24, 2.45) is 0 Å². The standard InChI is InChI=1S/C24H20F3N3O2/c1-15-10-11-30-21(12-15)29-16(2)22(30)23(31)28-14-17-6-8-19(9-7-17)32-20-5-3-4-18(13-20)24(25,26)27/h3-13H,14H2,1-2H3,(H,28,31). The number of ether oxygens (including phenoxy) is 1. The first-order chi connectivity index (χ1) is 15.2. The Morgan fingerprint density at radius 3 is 2.50 bits per heavy atom. The lowest BCUT2D eigenvalue weighted by molar-refractivity contribution is -0.137. The molecule has 0 atom stereocenters. The van der Waals surface area contributed by atoms with Gasteiger partial charge in [0.15, 0.2) is 0 Å². The van der Waals surface area contributed by atoms with Crippen molar-refractivity contribution >= 4 is 11.6 Å². The molecule has 0 bridgehead atoms. The monoisotopic (exact) mass is 439 g/mol. The number of alkyl halides is 3. The molecule has 0 saturated heterocycles. The molecule has 8 heteroatoms. The van der Waals surface area contributed by atoms with E-state index in [0.717, 1.165) is 23.3 Å². The molecule has 5 nitrogen and oxygen atoms in total. The Kier molecular flexibility index (Phi) is 5.61. The Balaban J connectivity index is 1.42. The maximum absolute atomic E-state index is 12.8. The van der Waals surface area contributed by atoms with Crippen LogP contribution >= 0.6 is 0 Å². The highest BCUT2D eigenvalue weighted by Crippen LogP contribution is 2.32. The highest BCUT2D eigenvalue weighted by Gasteiger charge is 2.30. The van der Waals surface area contributed by atoms with Gasteiger partial charge in [0.25, 0.3) is 5.91 Å². The van der Waals surface area contributed by atoms with Crippen LogP contribution in [0.15, 0.2) is 66.9 Å². The Morgan fingerprint density at radius 1 is 1.03 bits per heavy atom. The van der Waals surface area contributed by atoms with Crippen LogP contribution in [0.25, 0.3) is 5.65 Å². The molecular formula is C24H20F3N3O2. The number of halogens is 3. The van der Waals surface area contributed by atoms with Gasteiger partial charge in [0.05, 0.1) is 11.3 Å². The highest BCUT2D eigenvalue weighted by atomic mass is 19.4. The van der Waals surface area contributed by atoms with E-state index in [-0.39, 0.29) is 18.2 Å². The number of carbonyl (C=O) groups excluding carboxylic acids is 1. The maximum atomic E-state index is 12.8. The van der Waals surface area contributed by atoms with E-state index in [1.54, 1.807) is 35.6 Å². The van der Waals surface area contributed by atoms with Gasteiger partial charge < -0.3 is 10.1 Å². The second kappa shape index (κ2) is 8.37. The number of rotatable bonds is 5. The molecule has 164 valence electrons. The fourth-order valence-corrected chi connectivity index (χ4v) is 3.35. The van der Waals surface area contributed by atoms with Gasteiger partial charge in [-0.05, 0) is 67.4 Å². The summed E-state index contributed by atoms with van der Waals surface area (Å²) in [5.74, 6) is 0.245. The first-order valence-corrected chi connectivity index (χ1v) is 9.88. The van der Waals surface area contributed by atoms with Crippen LogP contribution in [0, 0.1) is 13.8 Å². The van der Waals surface area contributed by atoms with Crippen LogP contribution < -0.4 is 10.1 Å². The molecule has 0 unspecified atom stereocenters. The molecule has 0 aliphatic carbocycles. The molecule has 0 aliphatic heterocycles. The zero-order valence-electron chi connectivity index (χ0n) is 17.4. The number of amides is 1. The molecule has 0 aliphatic rings. The van der Waals surface area contributed by atoms with Crippen LogP contribution in [-0.2, 0) is 12.7 Å². The first-order valence-electron chi connectivity index (χ1n) is 9.88. The fraction of sp³-hybridized carbons (Fsp3) is 0.167. The lowest BCUT2D eigenvalue weighted by Crippen LogP contribution is -2.24. The third-order valence-corrected chi connectivity index (χ3v) is 4.94. The number of pyridine rings is 1. The summed E-state index contributed by atoms with van der Waals surface area (Å²) < 4.78 is 45.8. The number of fused-ring (bicyclic) bond motifs is 1. The summed E-state index contributed by atoms with van der Waals surface area (Å²) in [5, 5.41) is 2.88. The van der Waals surface area contributed by atoms with Gasteiger partial charge in [-0.25, -0.2) is 4.98 Å². The van der Waals surface area contributed by atoms with Crippen molar-refractivity contribution in [3.8, 4) is 11.5 Å². The molecule has 1 N–H and O–H groups in total. The summed E-state index contributed by atoms with van der Waals surface area (Å²) >= 11 is 0. The van der Waals surface area contributed by atoms with Crippen LogP contribution in [0.2, 0.25) is 0 Å². The van der Waals surface area contributed by atoms with Gasteiger partial charge >= 0.3 is 6.18 Å². The normalized spacial score (nSPS) is 11.5. The topological polar surface area (TPSA) is 55.6 Å². The SMILES string of the molecule is Cc1ccn2c(C(=O)NCc3ccc(Oc4cccc(C(F)(F)F)c4)cc3)c(C)nc2c1. The quantitative estimate of drug-likeness (QED) is 0.435. The molecular weight excluding hydrogens is 419 g/mol. The van der Waals surface area contributed by atoms with E-state index in [2.05, 4.69) is 10.3 Å². The smallest absolute Gasteiger partial charge is 0.416 e. The number of nitrogens with one attached hydrogen (secondary N) is 1. The lowest BCUT2D eigenvalue weighted by atomic mass is 10.2. The van der Waals surface area contributed by atoms with Crippen LogP contribution in [0.1, 0.15) is 32.9 Å². The zero-order chi connectivity index (χ0) is 22.9. The Morgan fingerprint density at radius 2 is 1.78 bits per heavy atom. The van der Waals surface area contributed by atoms with Gasteiger partial charge in [-0.2, -0.15) is 13.2 Å². The molecule has 0 spiro atoms. The van der Waals surface area contributed by atoms with Crippen molar-refractivity contribution in [2.45, 2.75) is 26.6 Å². The average Bonchev–Trinajstić information content (AvgIpc) is 3.07. The van der Waals surface area contributed by atoms with Crippen molar-refractivity contribution in [1.82, 2.24) is 14.7 Å². The second-order valence-electron chi connectivity index (χ2n) is 7.43. The van der Waals surface area contributed by atoms with Gasteiger partial charge in [-0.15, -0.1) is 0 Å². The summed E-state index contributed by atoms with van der Waals surface area (Å²) in [6, 6.07) is 15.3. The van der Waals surface area contributed by atoms with Crippen molar-refractivity contribution in [3.05, 3.63) is 94.9 Å². The predicted molar refractivity (Wildman–Crippen MR) is 114 cm³/mol. The highest BCUT2D eigenvalue weighted by molar-refractivity contribution is 5.94. The average molecular weight is 439 g/mol. The minimum atomic E-state index is -4.43. The zero-order valence-corrected chi connectivity index (χ0v) is 17.4. The van der Waals surface area contributed by atoms with E-state index in [1.807, 2.05) is 25.3 Å². The molecule has 0 radical (unpaired) electrons. The number of hydrogen-bond acceptors (Lipinski definition) is 3. The van der Waals surface area contributed by atoms with Crippen molar-refractivity contribution in [2.75, 3.05) is 0 Å². The van der Waals surface area contributed by atoms with Gasteiger partial charge in [0.2, 0.25) is 0 Å². The largest absolute Gasteiger partial charge is 0.457 e. The number of nitrogens with zero attached hydrogens (tertiary/aromatic N) is 2. The molecule has 0 saturated carbocycles. The Hall–Kier alpha value is -3.81. The van der Waals surface area contributed by atoms with Gasteiger partial charge in [0.1, 0.15) is 22.8 Å². The van der Waals surface area contributed by atoms with Gasteiger partial charge in [0, 0.05) is 12.7 Å². The third-order valence-electron chi connectivity index (χ3n) is 4.94. The van der Waals surface area contributed by atoms with E-state index < -0.39 is 11.7 Å². The maximum Gasteiger partial charge on any atom is 0.416 e. The Labute approximate surface area is 182 Å². The number of hydrogen-bond donors (Lipinski definition) is 1. The van der Waals surface area contributed by atoms with Gasteiger partial charge in [-0.1, -0.05) is 18.2 Å². The first kappa shape index (κ1) is 21.4. The summed E-state index contributed by atoms with van der Waals surface area (Å²) in [5.41, 5.74) is 2.93. The number of carbonyl (C=O) groups is 1. The molecule has 32 heavy (non-hydrogen) atoms. The number of aryl methyl sites for hydroxylation is 2. The summed E-state index contributed by atoms with van der Waals surface area (Å²) in [7, 11) is 0. The molecule has 2 aromatic heterocycles. The van der Waals surface area contributed by atoms with Gasteiger partial charge in [-0.3, -0.25) is 9.20 Å². The number of aromatic nitrogens is 2. The van der Waals surface area contributed by atoms with Crippen LogP contribution in [0.4, 0.5) is 13.2 Å². The number of imidazole rings is 1. The minimum absolute atomic E-state index is 0.0965. The minimum Gasteiger partial charge on any atom is -0.457 e. The molecule has 2 heterocycles. The van der Waals surface area contributed by atoms with Crippen LogP contribution in [0.5, 0.6) is 11.5 Å². The second-order valence-corrected chi connectivity index (χ2v) is 7.43. The molecule has 0 fully saturated rings. The molecule has 2 aromatic carbocycles. The molecule has 1 amide bonds. The Bertz CT molecular complexity index is 1280. The predicted octanol–water partition coefficient (Wildman–Crippen LogP) is 5.69. The van der Waals surface area contributed by atoms with E-state index in [4.69, 9.17) is 4.74 Å². The van der Waals surface area contributed by atoms with E-state index in [1.165, 1.54) is 12.1 Å². The summed E-state index contributed by atoms with van der Waals surface area (Å²) in [6.07, 6.45) is -2.61. The van der Waals surface area contributed by atoms with Crippen LogP contribution in [0.3, 0.4) is 0 Å². The van der Waals surface area contributed by atoms with Crippen molar-refractivity contribution < 1.29 is 22.7 Å². The van der Waals surface area contributed by atoms with E-state index in [9.17, 15) is 18.0 Å². The molecule has 4 rings (SSSR count). The van der Waals surface area contributed by atoms with Crippen molar-refractivity contribution in [1.29, 1.82) is 0 Å². The fourth-order valence-electron chi connectivity index (χ4n) is 3.35. The number of benzene rings is 2. The van der Waals surface area contributed by atoms with Crippen molar-refractivity contribution in [3.63, 3.8) is 0 Å². The van der Waals surface area contributed by atoms with E-state index >= 15 is 0 Å².